The van der Waals surface area contributed by atoms with Crippen LogP contribution in [0.3, 0.4) is 0 Å². The van der Waals surface area contributed by atoms with Gasteiger partial charge >= 0.3 is 0 Å². The number of carbonyl (C=O) groups is 1. The van der Waals surface area contributed by atoms with E-state index < -0.39 is 10.0 Å². The maximum Gasteiger partial charge on any atom is 0.246 e. The lowest BCUT2D eigenvalue weighted by Crippen LogP contribution is -2.47. The molecule has 2 aliphatic rings. The molecule has 27 heavy (non-hydrogen) atoms. The fourth-order valence-corrected chi connectivity index (χ4v) is 4.66. The van der Waals surface area contributed by atoms with Gasteiger partial charge in [0.05, 0.1) is 11.4 Å². The molecule has 2 N–H and O–H groups in total. The van der Waals surface area contributed by atoms with Crippen molar-refractivity contribution in [1.82, 2.24) is 0 Å². The van der Waals surface area contributed by atoms with Gasteiger partial charge in [0.2, 0.25) is 15.9 Å². The zero-order valence-corrected chi connectivity index (χ0v) is 16.1. The Morgan fingerprint density at radius 3 is 2.67 bits per heavy atom. The van der Waals surface area contributed by atoms with Crippen LogP contribution in [0.5, 0.6) is 0 Å². The second-order valence-corrected chi connectivity index (χ2v) is 8.85. The van der Waals surface area contributed by atoms with E-state index in [-0.39, 0.29) is 23.4 Å². The van der Waals surface area contributed by atoms with Gasteiger partial charge in [-0.1, -0.05) is 18.2 Å². The lowest BCUT2D eigenvalue weighted by atomic mass is 9.96. The molecule has 6 nitrogen and oxygen atoms in total. The maximum absolute atomic E-state index is 13.1. The minimum atomic E-state index is -3.72. The van der Waals surface area contributed by atoms with Crippen molar-refractivity contribution in [2.24, 2.45) is 5.14 Å². The summed E-state index contributed by atoms with van der Waals surface area (Å²) in [6.07, 6.45) is 2.65. The summed E-state index contributed by atoms with van der Waals surface area (Å²) in [6, 6.07) is 13.1. The van der Waals surface area contributed by atoms with Crippen LogP contribution in [-0.2, 0) is 27.7 Å². The summed E-state index contributed by atoms with van der Waals surface area (Å²) >= 11 is 0. The highest BCUT2D eigenvalue weighted by Crippen LogP contribution is 2.33. The Bertz CT molecular complexity index is 1000. The zero-order valence-electron chi connectivity index (χ0n) is 15.3. The molecule has 0 aliphatic carbocycles. The number of amides is 1. The molecule has 0 spiro atoms. The highest BCUT2D eigenvalue weighted by atomic mass is 32.2. The lowest BCUT2D eigenvalue weighted by Gasteiger charge is -2.36. The van der Waals surface area contributed by atoms with Crippen molar-refractivity contribution in [3.63, 3.8) is 0 Å². The van der Waals surface area contributed by atoms with Crippen LogP contribution < -0.4 is 14.9 Å². The van der Waals surface area contributed by atoms with Gasteiger partial charge < -0.3 is 9.80 Å². The van der Waals surface area contributed by atoms with Gasteiger partial charge in [-0.05, 0) is 61.6 Å². The van der Waals surface area contributed by atoms with Gasteiger partial charge in [0.1, 0.15) is 0 Å². The zero-order chi connectivity index (χ0) is 19.2. The van der Waals surface area contributed by atoms with Crippen LogP contribution in [0.15, 0.2) is 47.4 Å². The van der Waals surface area contributed by atoms with Crippen molar-refractivity contribution in [3.05, 3.63) is 53.6 Å². The number of hydrogen-bond acceptors (Lipinski definition) is 4. The molecule has 2 aromatic rings. The molecule has 2 aliphatic heterocycles. The van der Waals surface area contributed by atoms with Crippen molar-refractivity contribution in [2.45, 2.75) is 37.1 Å². The van der Waals surface area contributed by atoms with Crippen LogP contribution in [0, 0.1) is 0 Å². The summed E-state index contributed by atoms with van der Waals surface area (Å²) < 4.78 is 23.1. The minimum absolute atomic E-state index is 0.0676. The van der Waals surface area contributed by atoms with Crippen molar-refractivity contribution in [3.8, 4) is 0 Å². The van der Waals surface area contributed by atoms with Crippen molar-refractivity contribution < 1.29 is 13.2 Å². The van der Waals surface area contributed by atoms with Crippen LogP contribution in [0.25, 0.3) is 0 Å². The Balaban J connectivity index is 1.57. The monoisotopic (exact) mass is 385 g/mol. The Hall–Kier alpha value is -2.38. The highest BCUT2D eigenvalue weighted by molar-refractivity contribution is 7.89. The Kier molecular flexibility index (Phi) is 4.44. The number of benzene rings is 2. The first-order valence-electron chi connectivity index (χ1n) is 9.15. The van der Waals surface area contributed by atoms with Crippen molar-refractivity contribution >= 4 is 27.3 Å². The molecule has 0 unspecified atom stereocenters. The van der Waals surface area contributed by atoms with Gasteiger partial charge in [0.15, 0.2) is 0 Å². The van der Waals surface area contributed by atoms with Crippen LogP contribution in [0.1, 0.15) is 24.5 Å². The first-order valence-corrected chi connectivity index (χ1v) is 10.7. The average Bonchev–Trinajstić information content (AvgIpc) is 3.03. The van der Waals surface area contributed by atoms with Gasteiger partial charge in [-0.15, -0.1) is 0 Å². The van der Waals surface area contributed by atoms with E-state index in [4.69, 9.17) is 5.14 Å². The molecule has 1 amide bonds. The predicted octanol–water partition coefficient (Wildman–Crippen LogP) is 2.06. The molecule has 0 saturated carbocycles. The van der Waals surface area contributed by atoms with Gasteiger partial charge in [0.25, 0.3) is 0 Å². The first-order chi connectivity index (χ1) is 12.8. The number of nitrogens with zero attached hydrogens (tertiary/aromatic N) is 2. The molecular weight excluding hydrogens is 362 g/mol. The quantitative estimate of drug-likeness (QED) is 0.877. The summed E-state index contributed by atoms with van der Waals surface area (Å²) in [4.78, 5) is 17.2. The third-order valence-corrected chi connectivity index (χ3v) is 6.40. The number of fused-ring (bicyclic) bond motifs is 2. The van der Waals surface area contributed by atoms with Gasteiger partial charge in [0, 0.05) is 24.0 Å². The molecule has 2 aromatic carbocycles. The van der Waals surface area contributed by atoms with E-state index in [2.05, 4.69) is 13.0 Å². The normalized spacial score (nSPS) is 19.0. The Labute approximate surface area is 159 Å². The lowest BCUT2D eigenvalue weighted by molar-refractivity contribution is -0.117. The van der Waals surface area contributed by atoms with E-state index >= 15 is 0 Å². The molecule has 4 rings (SSSR count). The second-order valence-electron chi connectivity index (χ2n) is 7.29. The number of nitrogens with two attached hydrogens (primary N) is 1. The molecule has 142 valence electrons. The predicted molar refractivity (Wildman–Crippen MR) is 105 cm³/mol. The highest BCUT2D eigenvalue weighted by Gasteiger charge is 2.30. The number of anilines is 2. The summed E-state index contributed by atoms with van der Waals surface area (Å²) in [7, 11) is -3.72. The Morgan fingerprint density at radius 2 is 1.89 bits per heavy atom. The first kappa shape index (κ1) is 18.0. The van der Waals surface area contributed by atoms with Crippen molar-refractivity contribution in [2.75, 3.05) is 22.9 Å². The third kappa shape index (κ3) is 3.33. The molecule has 0 fully saturated rings. The maximum atomic E-state index is 13.1. The second kappa shape index (κ2) is 6.65. The van der Waals surface area contributed by atoms with Crippen LogP contribution in [0.4, 0.5) is 11.4 Å². The standard InChI is InChI=1S/C20H23N3O3S/c1-14-6-7-15-4-2-3-5-19(15)23(14)20(24)13-22-11-10-16-12-17(27(21,25)26)8-9-18(16)22/h2-5,8-9,12,14H,6-7,10-11,13H2,1H3,(H2,21,25,26)/t14-/m1/s1. The minimum Gasteiger partial charge on any atom is -0.362 e. The fourth-order valence-electron chi connectivity index (χ4n) is 4.10. The van der Waals surface area contributed by atoms with Crippen LogP contribution >= 0.6 is 0 Å². The average molecular weight is 385 g/mol. The summed E-state index contributed by atoms with van der Waals surface area (Å²) in [5.41, 5.74) is 4.05. The molecule has 0 saturated heterocycles. The van der Waals surface area contributed by atoms with Crippen molar-refractivity contribution in [1.29, 1.82) is 0 Å². The molecule has 0 bridgehead atoms. The molecule has 2 heterocycles. The summed E-state index contributed by atoms with van der Waals surface area (Å²) in [6.45, 7) is 3.06. The number of para-hydroxylation sites is 1. The van der Waals surface area contributed by atoms with E-state index in [0.717, 1.165) is 29.8 Å². The number of primary sulfonamides is 1. The molecule has 0 radical (unpaired) electrons. The van der Waals surface area contributed by atoms with Gasteiger partial charge in [-0.25, -0.2) is 13.6 Å². The topological polar surface area (TPSA) is 83.7 Å². The smallest absolute Gasteiger partial charge is 0.246 e. The number of sulfonamides is 1. The van der Waals surface area contributed by atoms with Crippen LogP contribution in [0.2, 0.25) is 0 Å². The Morgan fingerprint density at radius 1 is 1.11 bits per heavy atom. The number of rotatable bonds is 3. The van der Waals surface area contributed by atoms with E-state index in [9.17, 15) is 13.2 Å². The number of aryl methyl sites for hydroxylation is 1. The fraction of sp³-hybridized carbons (Fsp3) is 0.350. The van der Waals surface area contributed by atoms with Gasteiger partial charge in [-0.3, -0.25) is 4.79 Å². The number of carbonyl (C=O) groups excluding carboxylic acids is 1. The molecule has 1 atom stereocenters. The molecule has 7 heteroatoms. The number of hydrogen-bond donors (Lipinski definition) is 1. The van der Waals surface area contributed by atoms with E-state index in [1.165, 1.54) is 11.6 Å². The van der Waals surface area contributed by atoms with E-state index in [1.807, 2.05) is 28.0 Å². The van der Waals surface area contributed by atoms with Gasteiger partial charge in [-0.2, -0.15) is 0 Å². The van der Waals surface area contributed by atoms with E-state index in [1.54, 1.807) is 12.1 Å². The van der Waals surface area contributed by atoms with Crippen LogP contribution in [-0.4, -0.2) is 33.5 Å². The largest absolute Gasteiger partial charge is 0.362 e. The summed E-state index contributed by atoms with van der Waals surface area (Å²) in [5.74, 6) is 0.0676. The third-order valence-electron chi connectivity index (χ3n) is 5.49. The SMILES string of the molecule is C[C@@H]1CCc2ccccc2N1C(=O)CN1CCc2cc(S(N)(=O)=O)ccc21. The molecule has 0 aromatic heterocycles. The molecular formula is C20H23N3O3S. The summed E-state index contributed by atoms with van der Waals surface area (Å²) in [5, 5.41) is 5.22. The van der Waals surface area contributed by atoms with E-state index in [0.29, 0.717) is 13.0 Å².